The van der Waals surface area contributed by atoms with Gasteiger partial charge < -0.3 is 15.5 Å². The fourth-order valence-corrected chi connectivity index (χ4v) is 1.33. The number of phenols is 2. The van der Waals surface area contributed by atoms with E-state index in [-0.39, 0.29) is 29.4 Å². The summed E-state index contributed by atoms with van der Waals surface area (Å²) in [5.74, 6) is -0.501. The molecule has 0 heterocycles. The highest BCUT2D eigenvalue weighted by Crippen LogP contribution is 2.24. The third kappa shape index (κ3) is 3.81. The minimum absolute atomic E-state index is 0.113. The fraction of sp³-hybridized carbons (Fsp3) is 0.417. The summed E-state index contributed by atoms with van der Waals surface area (Å²) < 4.78 is 0. The third-order valence-electron chi connectivity index (χ3n) is 1.92. The molecule has 0 atom stereocenters. The summed E-state index contributed by atoms with van der Waals surface area (Å²) in [5.41, 5.74) is 0.396. The van der Waals surface area contributed by atoms with E-state index in [2.05, 4.69) is 5.32 Å². The summed E-state index contributed by atoms with van der Waals surface area (Å²) >= 11 is 0. The van der Waals surface area contributed by atoms with Gasteiger partial charge in [0.05, 0.1) is 6.42 Å². The van der Waals surface area contributed by atoms with Crippen LogP contribution in [-0.2, 0) is 11.2 Å². The van der Waals surface area contributed by atoms with Crippen molar-refractivity contribution in [1.29, 1.82) is 0 Å². The first-order valence-corrected chi connectivity index (χ1v) is 5.10. The Morgan fingerprint density at radius 2 is 1.88 bits per heavy atom. The Bertz CT molecular complexity index is 394. The molecule has 0 aliphatic heterocycles. The quantitative estimate of drug-likeness (QED) is 0.666. The monoisotopic (exact) mass is 223 g/mol. The van der Waals surface area contributed by atoms with Gasteiger partial charge in [-0.3, -0.25) is 4.79 Å². The van der Waals surface area contributed by atoms with Crippen molar-refractivity contribution in [2.75, 3.05) is 0 Å². The number of aromatic hydroxyl groups is 2. The molecule has 0 saturated carbocycles. The number of hydrogen-bond donors (Lipinski definition) is 3. The maximum atomic E-state index is 11.6. The largest absolute Gasteiger partial charge is 0.504 e. The van der Waals surface area contributed by atoms with Gasteiger partial charge in [-0.2, -0.15) is 0 Å². The van der Waals surface area contributed by atoms with Crippen molar-refractivity contribution in [2.24, 2.45) is 0 Å². The van der Waals surface area contributed by atoms with Gasteiger partial charge in [0.1, 0.15) is 0 Å². The van der Waals surface area contributed by atoms with Crippen molar-refractivity contribution in [1.82, 2.24) is 5.32 Å². The zero-order valence-electron chi connectivity index (χ0n) is 9.74. The molecule has 1 amide bonds. The van der Waals surface area contributed by atoms with Gasteiger partial charge in [0.2, 0.25) is 5.91 Å². The molecule has 0 radical (unpaired) electrons. The summed E-state index contributed by atoms with van der Waals surface area (Å²) in [6.45, 7) is 5.71. The van der Waals surface area contributed by atoms with Crippen LogP contribution in [0.4, 0.5) is 0 Å². The zero-order valence-corrected chi connectivity index (χ0v) is 9.74. The van der Waals surface area contributed by atoms with Gasteiger partial charge in [0.25, 0.3) is 0 Å². The molecule has 1 rings (SSSR count). The zero-order chi connectivity index (χ0) is 12.3. The number of hydrogen-bond acceptors (Lipinski definition) is 3. The Kier molecular flexibility index (Phi) is 3.42. The van der Waals surface area contributed by atoms with Crippen molar-refractivity contribution >= 4 is 5.91 Å². The van der Waals surface area contributed by atoms with Crippen LogP contribution in [0, 0.1) is 0 Å². The van der Waals surface area contributed by atoms with E-state index in [1.807, 2.05) is 20.8 Å². The summed E-state index contributed by atoms with van der Waals surface area (Å²) in [6.07, 6.45) is 0.186. The van der Waals surface area contributed by atoms with E-state index >= 15 is 0 Å². The summed E-state index contributed by atoms with van der Waals surface area (Å²) in [6, 6.07) is 4.36. The maximum Gasteiger partial charge on any atom is 0.224 e. The van der Waals surface area contributed by atoms with E-state index in [1.54, 1.807) is 6.07 Å². The highest BCUT2D eigenvalue weighted by Gasteiger charge is 2.14. The molecule has 1 aromatic carbocycles. The van der Waals surface area contributed by atoms with Crippen LogP contribution in [0.15, 0.2) is 18.2 Å². The molecule has 0 aliphatic rings. The predicted octanol–water partition coefficient (Wildman–Crippen LogP) is 1.55. The minimum Gasteiger partial charge on any atom is -0.504 e. The molecular weight excluding hydrogens is 206 g/mol. The van der Waals surface area contributed by atoms with E-state index in [0.717, 1.165) is 0 Å². The highest BCUT2D eigenvalue weighted by atomic mass is 16.3. The molecule has 0 saturated heterocycles. The van der Waals surface area contributed by atoms with Gasteiger partial charge in [-0.05, 0) is 38.5 Å². The standard InChI is InChI=1S/C12H17NO3/c1-12(2,3)13-11(16)7-8-4-5-9(14)10(15)6-8/h4-6,14-15H,7H2,1-3H3,(H,13,16). The SMILES string of the molecule is CC(C)(C)NC(=O)Cc1ccc(O)c(O)c1. The Balaban J connectivity index is 2.67. The van der Waals surface area contributed by atoms with Crippen LogP contribution in [0.3, 0.4) is 0 Å². The molecule has 3 N–H and O–H groups in total. The van der Waals surface area contributed by atoms with Crippen molar-refractivity contribution in [3.8, 4) is 11.5 Å². The molecule has 0 fully saturated rings. The van der Waals surface area contributed by atoms with Crippen molar-refractivity contribution in [2.45, 2.75) is 32.7 Å². The second-order valence-corrected chi connectivity index (χ2v) is 4.80. The lowest BCUT2D eigenvalue weighted by Crippen LogP contribution is -2.41. The lowest BCUT2D eigenvalue weighted by atomic mass is 10.1. The second-order valence-electron chi connectivity index (χ2n) is 4.80. The van der Waals surface area contributed by atoms with Crippen LogP contribution in [-0.4, -0.2) is 21.7 Å². The van der Waals surface area contributed by atoms with Crippen LogP contribution >= 0.6 is 0 Å². The first kappa shape index (κ1) is 12.4. The molecule has 88 valence electrons. The van der Waals surface area contributed by atoms with E-state index in [0.29, 0.717) is 5.56 Å². The van der Waals surface area contributed by atoms with Gasteiger partial charge in [0, 0.05) is 5.54 Å². The van der Waals surface area contributed by atoms with Gasteiger partial charge in [-0.25, -0.2) is 0 Å². The molecule has 0 bridgehead atoms. The molecule has 0 aliphatic carbocycles. The smallest absolute Gasteiger partial charge is 0.224 e. The maximum absolute atomic E-state index is 11.6. The Morgan fingerprint density at radius 3 is 2.38 bits per heavy atom. The summed E-state index contributed by atoms with van der Waals surface area (Å²) in [4.78, 5) is 11.6. The second kappa shape index (κ2) is 4.43. The van der Waals surface area contributed by atoms with E-state index in [1.165, 1.54) is 12.1 Å². The number of carbonyl (C=O) groups is 1. The van der Waals surface area contributed by atoms with E-state index in [4.69, 9.17) is 5.11 Å². The Hall–Kier alpha value is -1.71. The van der Waals surface area contributed by atoms with Crippen molar-refractivity contribution in [3.63, 3.8) is 0 Å². The molecule has 16 heavy (non-hydrogen) atoms. The van der Waals surface area contributed by atoms with Crippen LogP contribution in [0.2, 0.25) is 0 Å². The molecule has 4 heteroatoms. The Morgan fingerprint density at radius 1 is 1.25 bits per heavy atom. The number of carbonyl (C=O) groups excluding carboxylic acids is 1. The van der Waals surface area contributed by atoms with Crippen LogP contribution in [0.5, 0.6) is 11.5 Å². The molecule has 0 unspecified atom stereocenters. The normalized spacial score (nSPS) is 11.2. The number of amides is 1. The molecule has 0 spiro atoms. The molecule has 1 aromatic rings. The van der Waals surface area contributed by atoms with Crippen molar-refractivity contribution in [3.05, 3.63) is 23.8 Å². The van der Waals surface area contributed by atoms with Gasteiger partial charge in [-0.15, -0.1) is 0 Å². The van der Waals surface area contributed by atoms with Gasteiger partial charge in [-0.1, -0.05) is 6.07 Å². The summed E-state index contributed by atoms with van der Waals surface area (Å²) in [5, 5.41) is 21.2. The van der Waals surface area contributed by atoms with Crippen LogP contribution in [0.1, 0.15) is 26.3 Å². The first-order valence-electron chi connectivity index (χ1n) is 5.10. The lowest BCUT2D eigenvalue weighted by Gasteiger charge is -2.20. The predicted molar refractivity (Wildman–Crippen MR) is 61.4 cm³/mol. The van der Waals surface area contributed by atoms with Gasteiger partial charge in [0.15, 0.2) is 11.5 Å². The van der Waals surface area contributed by atoms with E-state index < -0.39 is 0 Å². The lowest BCUT2D eigenvalue weighted by molar-refractivity contribution is -0.121. The fourth-order valence-electron chi connectivity index (χ4n) is 1.33. The highest BCUT2D eigenvalue weighted by molar-refractivity contribution is 5.79. The average Bonchev–Trinajstić information content (AvgIpc) is 2.08. The van der Waals surface area contributed by atoms with Gasteiger partial charge >= 0.3 is 0 Å². The molecule has 4 nitrogen and oxygen atoms in total. The summed E-state index contributed by atoms with van der Waals surface area (Å²) in [7, 11) is 0. The Labute approximate surface area is 94.9 Å². The van der Waals surface area contributed by atoms with Crippen LogP contribution in [0.25, 0.3) is 0 Å². The minimum atomic E-state index is -0.268. The third-order valence-corrected chi connectivity index (χ3v) is 1.92. The number of rotatable bonds is 2. The average molecular weight is 223 g/mol. The topological polar surface area (TPSA) is 69.6 Å². The van der Waals surface area contributed by atoms with Crippen LogP contribution < -0.4 is 5.32 Å². The van der Waals surface area contributed by atoms with E-state index in [9.17, 15) is 9.90 Å². The number of phenolic OH excluding ortho intramolecular Hbond substituents is 2. The number of benzene rings is 1. The molecular formula is C12H17NO3. The molecule has 0 aromatic heterocycles. The van der Waals surface area contributed by atoms with Crippen molar-refractivity contribution < 1.29 is 15.0 Å². The number of nitrogens with one attached hydrogen (secondary N) is 1. The first-order chi connectivity index (χ1) is 7.28.